The van der Waals surface area contributed by atoms with Crippen LogP contribution in [0.5, 0.6) is 0 Å². The number of aromatic nitrogens is 1. The van der Waals surface area contributed by atoms with Crippen molar-refractivity contribution in [3.8, 4) is 6.07 Å². The van der Waals surface area contributed by atoms with Crippen LogP contribution in [0.25, 0.3) is 0 Å². The number of halogens is 1. The molecule has 0 saturated carbocycles. The first kappa shape index (κ1) is 15.3. The number of rotatable bonds is 3. The normalized spacial score (nSPS) is 16.4. The lowest BCUT2D eigenvalue weighted by molar-refractivity contribution is -0.128. The lowest BCUT2D eigenvalue weighted by atomic mass is 9.99. The van der Waals surface area contributed by atoms with E-state index in [4.69, 9.17) is 16.9 Å². The van der Waals surface area contributed by atoms with Crippen LogP contribution >= 0.6 is 11.6 Å². The second kappa shape index (κ2) is 7.09. The fourth-order valence-electron chi connectivity index (χ4n) is 2.15. The highest BCUT2D eigenvalue weighted by molar-refractivity contribution is 6.30. The summed E-state index contributed by atoms with van der Waals surface area (Å²) in [5.74, 6) is 0.895. The lowest BCUT2D eigenvalue weighted by Crippen LogP contribution is -2.38. The Balaban J connectivity index is 2.03. The number of nitriles is 1. The Labute approximate surface area is 129 Å². The van der Waals surface area contributed by atoms with Gasteiger partial charge in [0.25, 0.3) is 5.91 Å². The van der Waals surface area contributed by atoms with E-state index in [0.717, 1.165) is 12.8 Å². The molecule has 0 spiro atoms. The molecule has 0 aliphatic carbocycles. The largest absolute Gasteiger partial charge is 0.345 e. The third-order valence-electron chi connectivity index (χ3n) is 3.51. The van der Waals surface area contributed by atoms with Crippen molar-refractivity contribution in [2.24, 2.45) is 5.92 Å². The lowest BCUT2D eigenvalue weighted by Gasteiger charge is -2.30. The molecule has 1 aromatic rings. The van der Waals surface area contributed by atoms with Gasteiger partial charge in [0, 0.05) is 30.5 Å². The number of amides is 1. The molecule has 6 heteroatoms. The highest BCUT2D eigenvalue weighted by Crippen LogP contribution is 2.18. The summed E-state index contributed by atoms with van der Waals surface area (Å²) < 4.78 is 0. The first-order chi connectivity index (χ1) is 10.1. The van der Waals surface area contributed by atoms with Gasteiger partial charge in [0.1, 0.15) is 17.5 Å². The molecule has 110 valence electrons. The number of pyridine rings is 1. The SMILES string of the molecule is CC1CCN(C(=O)/C(C#N)=C\Nc2cc(Cl)ccn2)CC1. The van der Waals surface area contributed by atoms with Gasteiger partial charge in [0.2, 0.25) is 0 Å². The number of hydrogen-bond acceptors (Lipinski definition) is 4. The van der Waals surface area contributed by atoms with Gasteiger partial charge in [-0.3, -0.25) is 4.79 Å². The van der Waals surface area contributed by atoms with Crippen LogP contribution in [0.4, 0.5) is 5.82 Å². The molecule has 2 heterocycles. The van der Waals surface area contributed by atoms with Crippen molar-refractivity contribution in [3.63, 3.8) is 0 Å². The average molecular weight is 305 g/mol. The highest BCUT2D eigenvalue weighted by atomic mass is 35.5. The van der Waals surface area contributed by atoms with Crippen LogP contribution in [0, 0.1) is 17.2 Å². The zero-order valence-corrected chi connectivity index (χ0v) is 12.6. The monoisotopic (exact) mass is 304 g/mol. The van der Waals surface area contributed by atoms with Crippen molar-refractivity contribution < 1.29 is 4.79 Å². The number of carbonyl (C=O) groups excluding carboxylic acids is 1. The van der Waals surface area contributed by atoms with Gasteiger partial charge in [0.15, 0.2) is 0 Å². The summed E-state index contributed by atoms with van der Waals surface area (Å²) in [6.07, 6.45) is 4.90. The van der Waals surface area contributed by atoms with Crippen LogP contribution < -0.4 is 5.32 Å². The van der Waals surface area contributed by atoms with Crippen molar-refractivity contribution in [1.29, 1.82) is 5.26 Å². The number of hydrogen-bond donors (Lipinski definition) is 1. The third-order valence-corrected chi connectivity index (χ3v) is 3.74. The summed E-state index contributed by atoms with van der Waals surface area (Å²) in [6, 6.07) is 5.22. The molecule has 0 bridgehead atoms. The van der Waals surface area contributed by atoms with Gasteiger partial charge in [0.05, 0.1) is 0 Å². The van der Waals surface area contributed by atoms with Gasteiger partial charge < -0.3 is 10.2 Å². The standard InChI is InChI=1S/C15H17ClN4O/c1-11-3-6-20(7-4-11)15(21)12(9-17)10-19-14-8-13(16)2-5-18-14/h2,5,8,10-11H,3-4,6-7H2,1H3,(H,18,19)/b12-10-. The van der Waals surface area contributed by atoms with E-state index in [2.05, 4.69) is 17.2 Å². The molecule has 0 unspecified atom stereocenters. The molecular weight excluding hydrogens is 288 g/mol. The molecule has 1 aliphatic heterocycles. The Kier molecular flexibility index (Phi) is 5.18. The Bertz CT molecular complexity index is 586. The van der Waals surface area contributed by atoms with E-state index in [1.165, 1.54) is 6.20 Å². The molecule has 2 rings (SSSR count). The molecule has 0 aromatic carbocycles. The second-order valence-electron chi connectivity index (χ2n) is 5.15. The summed E-state index contributed by atoms with van der Waals surface area (Å²) in [7, 11) is 0. The molecule has 1 amide bonds. The first-order valence-electron chi connectivity index (χ1n) is 6.88. The van der Waals surface area contributed by atoms with Crippen LogP contribution in [0.3, 0.4) is 0 Å². The molecule has 1 saturated heterocycles. The zero-order valence-electron chi connectivity index (χ0n) is 11.8. The molecule has 1 fully saturated rings. The Morgan fingerprint density at radius 2 is 2.29 bits per heavy atom. The second-order valence-corrected chi connectivity index (χ2v) is 5.58. The topological polar surface area (TPSA) is 69.0 Å². The quantitative estimate of drug-likeness (QED) is 0.688. The van der Waals surface area contributed by atoms with Crippen LogP contribution in [0.15, 0.2) is 30.1 Å². The van der Waals surface area contributed by atoms with Crippen LogP contribution in [-0.4, -0.2) is 28.9 Å². The van der Waals surface area contributed by atoms with Crippen molar-refractivity contribution in [2.75, 3.05) is 18.4 Å². The Morgan fingerprint density at radius 1 is 1.57 bits per heavy atom. The fourth-order valence-corrected chi connectivity index (χ4v) is 2.31. The maximum atomic E-state index is 12.3. The molecule has 21 heavy (non-hydrogen) atoms. The number of piperidine rings is 1. The van der Waals surface area contributed by atoms with E-state index in [9.17, 15) is 4.79 Å². The van der Waals surface area contributed by atoms with E-state index in [1.54, 1.807) is 23.2 Å². The molecule has 1 aliphatic rings. The number of likely N-dealkylation sites (tertiary alicyclic amines) is 1. The Hall–Kier alpha value is -2.06. The maximum absolute atomic E-state index is 12.3. The van der Waals surface area contributed by atoms with Gasteiger partial charge in [-0.15, -0.1) is 0 Å². The predicted molar refractivity (Wildman–Crippen MR) is 81.5 cm³/mol. The van der Waals surface area contributed by atoms with Crippen molar-refractivity contribution in [2.45, 2.75) is 19.8 Å². The molecule has 0 atom stereocenters. The third kappa shape index (κ3) is 4.20. The Morgan fingerprint density at radius 3 is 2.90 bits per heavy atom. The van der Waals surface area contributed by atoms with E-state index in [-0.39, 0.29) is 11.5 Å². The van der Waals surface area contributed by atoms with Gasteiger partial charge in [-0.2, -0.15) is 5.26 Å². The van der Waals surface area contributed by atoms with E-state index in [1.807, 2.05) is 6.07 Å². The van der Waals surface area contributed by atoms with Crippen molar-refractivity contribution in [3.05, 3.63) is 35.1 Å². The minimum atomic E-state index is -0.237. The number of nitrogens with one attached hydrogen (secondary N) is 1. The molecule has 1 aromatic heterocycles. The maximum Gasteiger partial charge on any atom is 0.266 e. The summed E-state index contributed by atoms with van der Waals surface area (Å²) in [5, 5.41) is 12.5. The number of carbonyl (C=O) groups is 1. The smallest absolute Gasteiger partial charge is 0.266 e. The summed E-state index contributed by atoms with van der Waals surface area (Å²) in [6.45, 7) is 3.58. The van der Waals surface area contributed by atoms with Gasteiger partial charge >= 0.3 is 0 Å². The van der Waals surface area contributed by atoms with E-state index < -0.39 is 0 Å². The molecule has 5 nitrogen and oxygen atoms in total. The van der Waals surface area contributed by atoms with Crippen LogP contribution in [-0.2, 0) is 4.79 Å². The first-order valence-corrected chi connectivity index (χ1v) is 7.25. The number of nitrogens with zero attached hydrogens (tertiary/aromatic N) is 3. The fraction of sp³-hybridized carbons (Fsp3) is 0.400. The minimum absolute atomic E-state index is 0.0753. The molecular formula is C15H17ClN4O. The predicted octanol–water partition coefficient (Wildman–Crippen LogP) is 2.81. The van der Waals surface area contributed by atoms with Gasteiger partial charge in [-0.05, 0) is 30.9 Å². The van der Waals surface area contributed by atoms with Crippen molar-refractivity contribution in [1.82, 2.24) is 9.88 Å². The van der Waals surface area contributed by atoms with Gasteiger partial charge in [-0.25, -0.2) is 4.98 Å². The summed E-state index contributed by atoms with van der Waals surface area (Å²) in [5.41, 5.74) is 0.0753. The number of anilines is 1. The van der Waals surface area contributed by atoms with E-state index in [0.29, 0.717) is 29.8 Å². The summed E-state index contributed by atoms with van der Waals surface area (Å²) in [4.78, 5) is 18.1. The van der Waals surface area contributed by atoms with E-state index >= 15 is 0 Å². The van der Waals surface area contributed by atoms with Gasteiger partial charge in [-0.1, -0.05) is 18.5 Å². The van der Waals surface area contributed by atoms with Crippen LogP contribution in [0.2, 0.25) is 5.02 Å². The molecule has 0 radical (unpaired) electrons. The molecule has 1 N–H and O–H groups in total. The highest BCUT2D eigenvalue weighted by Gasteiger charge is 2.22. The van der Waals surface area contributed by atoms with Crippen molar-refractivity contribution >= 4 is 23.3 Å². The minimum Gasteiger partial charge on any atom is -0.345 e. The zero-order chi connectivity index (χ0) is 15.2. The summed E-state index contributed by atoms with van der Waals surface area (Å²) >= 11 is 5.85. The van der Waals surface area contributed by atoms with Crippen LogP contribution in [0.1, 0.15) is 19.8 Å². The average Bonchev–Trinajstić information content (AvgIpc) is 2.48.